The summed E-state index contributed by atoms with van der Waals surface area (Å²) in [4.78, 5) is 11.2. The van der Waals surface area contributed by atoms with E-state index in [0.29, 0.717) is 0 Å². The molecule has 0 aliphatic carbocycles. The highest BCUT2D eigenvalue weighted by Gasteiger charge is 2.05. The Morgan fingerprint density at radius 2 is 2.00 bits per heavy atom. The Labute approximate surface area is 128 Å². The first-order valence-electron chi connectivity index (χ1n) is 7.79. The smallest absolute Gasteiger partial charge is 0.330 e. The molecule has 0 fully saturated rings. The van der Waals surface area contributed by atoms with E-state index in [0.717, 1.165) is 13.0 Å². The molecule has 116 valence electrons. The second kappa shape index (κ2) is 11.1. The van der Waals surface area contributed by atoms with Gasteiger partial charge in [0.15, 0.2) is 0 Å². The molecule has 0 saturated heterocycles. The molecule has 0 aromatic heterocycles. The molecule has 0 aliphatic rings. The highest BCUT2D eigenvalue weighted by Crippen LogP contribution is 2.08. The predicted molar refractivity (Wildman–Crippen MR) is 87.0 cm³/mol. The molecule has 1 aromatic rings. The van der Waals surface area contributed by atoms with E-state index in [2.05, 4.69) is 29.1 Å². The number of methoxy groups -OCH3 is 1. The zero-order valence-electron chi connectivity index (χ0n) is 13.2. The van der Waals surface area contributed by atoms with Crippen LogP contribution in [0.2, 0.25) is 0 Å². The summed E-state index contributed by atoms with van der Waals surface area (Å²) in [5.74, 6) is -0.296. The van der Waals surface area contributed by atoms with E-state index in [1.807, 2.05) is 24.3 Å². The Hall–Kier alpha value is -1.61. The van der Waals surface area contributed by atoms with Crippen LogP contribution in [0.15, 0.2) is 42.5 Å². The van der Waals surface area contributed by atoms with Gasteiger partial charge in [-0.3, -0.25) is 0 Å². The fourth-order valence-corrected chi connectivity index (χ4v) is 2.16. The number of rotatable bonds is 10. The summed E-state index contributed by atoms with van der Waals surface area (Å²) in [7, 11) is 1.40. The number of hydrogen-bond acceptors (Lipinski definition) is 3. The van der Waals surface area contributed by atoms with Crippen LogP contribution in [0.5, 0.6) is 0 Å². The Kier molecular flexibility index (Phi) is 9.21. The second-order valence-electron chi connectivity index (χ2n) is 5.20. The van der Waals surface area contributed by atoms with Crippen molar-refractivity contribution in [3.8, 4) is 0 Å². The number of ether oxygens (including phenoxy) is 1. The van der Waals surface area contributed by atoms with Crippen LogP contribution in [0.25, 0.3) is 0 Å². The van der Waals surface area contributed by atoms with Gasteiger partial charge in [-0.2, -0.15) is 0 Å². The van der Waals surface area contributed by atoms with E-state index < -0.39 is 0 Å². The summed E-state index contributed by atoms with van der Waals surface area (Å²) >= 11 is 0. The Morgan fingerprint density at radius 3 is 2.67 bits per heavy atom. The van der Waals surface area contributed by atoms with Gasteiger partial charge < -0.3 is 10.1 Å². The van der Waals surface area contributed by atoms with E-state index in [4.69, 9.17) is 0 Å². The van der Waals surface area contributed by atoms with Gasteiger partial charge in [-0.05, 0) is 12.0 Å². The Morgan fingerprint density at radius 1 is 1.24 bits per heavy atom. The molecule has 0 heterocycles. The van der Waals surface area contributed by atoms with Gasteiger partial charge in [0.1, 0.15) is 0 Å². The van der Waals surface area contributed by atoms with Crippen molar-refractivity contribution in [1.82, 2.24) is 5.32 Å². The first-order valence-corrected chi connectivity index (χ1v) is 7.79. The fraction of sp³-hybridized carbons (Fsp3) is 0.500. The normalized spacial score (nSPS) is 12.5. The minimum atomic E-state index is -0.296. The van der Waals surface area contributed by atoms with Gasteiger partial charge in [0.2, 0.25) is 0 Å². The van der Waals surface area contributed by atoms with Crippen molar-refractivity contribution in [3.63, 3.8) is 0 Å². The Bertz CT molecular complexity index is 414. The summed E-state index contributed by atoms with van der Waals surface area (Å²) in [5.41, 5.74) is 1.25. The zero-order chi connectivity index (χ0) is 15.3. The monoisotopic (exact) mass is 289 g/mol. The molecule has 0 amide bonds. The zero-order valence-corrected chi connectivity index (χ0v) is 13.2. The summed E-state index contributed by atoms with van der Waals surface area (Å²) in [6, 6.07) is 10.5. The van der Waals surface area contributed by atoms with Gasteiger partial charge in [0.25, 0.3) is 0 Å². The maximum absolute atomic E-state index is 11.2. The van der Waals surface area contributed by atoms with Crippen molar-refractivity contribution < 1.29 is 9.53 Å². The van der Waals surface area contributed by atoms with Crippen molar-refractivity contribution in [2.75, 3.05) is 7.11 Å². The van der Waals surface area contributed by atoms with Gasteiger partial charge in [0.05, 0.1) is 7.11 Å². The van der Waals surface area contributed by atoms with Crippen LogP contribution in [0.3, 0.4) is 0 Å². The van der Waals surface area contributed by atoms with Gasteiger partial charge in [0, 0.05) is 18.7 Å². The lowest BCUT2D eigenvalue weighted by atomic mass is 10.1. The number of nitrogens with one attached hydrogen (secondary N) is 1. The minimum absolute atomic E-state index is 0.209. The minimum Gasteiger partial charge on any atom is -0.466 e. The third-order valence-corrected chi connectivity index (χ3v) is 3.45. The third-order valence-electron chi connectivity index (χ3n) is 3.45. The molecular weight excluding hydrogens is 262 g/mol. The fourth-order valence-electron chi connectivity index (χ4n) is 2.16. The highest BCUT2D eigenvalue weighted by atomic mass is 16.5. The van der Waals surface area contributed by atoms with Crippen LogP contribution in [0, 0.1) is 0 Å². The number of benzene rings is 1. The summed E-state index contributed by atoms with van der Waals surface area (Å²) < 4.78 is 4.65. The van der Waals surface area contributed by atoms with Crippen LogP contribution in [0.1, 0.15) is 44.6 Å². The van der Waals surface area contributed by atoms with E-state index in [1.54, 1.807) is 0 Å². The van der Waals surface area contributed by atoms with Gasteiger partial charge >= 0.3 is 5.97 Å². The van der Waals surface area contributed by atoms with Crippen molar-refractivity contribution in [2.45, 2.75) is 51.6 Å². The average molecular weight is 289 g/mol. The number of esters is 1. The first-order chi connectivity index (χ1) is 10.3. The lowest BCUT2D eigenvalue weighted by molar-refractivity contribution is -0.134. The molecule has 0 bridgehead atoms. The third kappa shape index (κ3) is 8.30. The highest BCUT2D eigenvalue weighted by molar-refractivity contribution is 5.81. The summed E-state index contributed by atoms with van der Waals surface area (Å²) in [6.45, 7) is 3.02. The number of unbranched alkanes of at least 4 members (excludes halogenated alkanes) is 3. The van der Waals surface area contributed by atoms with Crippen molar-refractivity contribution in [2.24, 2.45) is 0 Å². The molecule has 0 radical (unpaired) electrons. The molecule has 3 nitrogen and oxygen atoms in total. The quantitative estimate of drug-likeness (QED) is 0.404. The number of carbonyl (C=O) groups is 1. The number of carbonyl (C=O) groups excluding carboxylic acids is 1. The van der Waals surface area contributed by atoms with E-state index in [-0.39, 0.29) is 12.0 Å². The molecule has 1 rings (SSSR count). The van der Waals surface area contributed by atoms with E-state index in [9.17, 15) is 4.79 Å². The van der Waals surface area contributed by atoms with Crippen molar-refractivity contribution in [1.29, 1.82) is 0 Å². The molecule has 21 heavy (non-hydrogen) atoms. The maximum atomic E-state index is 11.2. The molecule has 0 spiro atoms. The predicted octanol–water partition coefficient (Wildman–Crippen LogP) is 3.84. The molecule has 1 unspecified atom stereocenters. The first kappa shape index (κ1) is 17.4. The van der Waals surface area contributed by atoms with Crippen LogP contribution in [-0.2, 0) is 16.1 Å². The van der Waals surface area contributed by atoms with Crippen molar-refractivity contribution in [3.05, 3.63) is 48.0 Å². The largest absolute Gasteiger partial charge is 0.466 e. The van der Waals surface area contributed by atoms with Crippen molar-refractivity contribution >= 4 is 5.97 Å². The molecule has 0 saturated carbocycles. The maximum Gasteiger partial charge on any atom is 0.330 e. The van der Waals surface area contributed by atoms with Gasteiger partial charge in [-0.25, -0.2) is 4.79 Å². The van der Waals surface area contributed by atoms with Crippen LogP contribution in [0.4, 0.5) is 0 Å². The topological polar surface area (TPSA) is 38.3 Å². The second-order valence-corrected chi connectivity index (χ2v) is 5.20. The molecule has 1 aromatic carbocycles. The molecule has 1 N–H and O–H groups in total. The standard InChI is InChI=1S/C18H27NO2/c1-3-4-5-9-12-17(13-14-18(20)21-2)19-15-16-10-7-6-8-11-16/h6-8,10-11,13-14,17,19H,3-5,9,12,15H2,1-2H3/b14-13+. The van der Waals surface area contributed by atoms with Crippen LogP contribution >= 0.6 is 0 Å². The van der Waals surface area contributed by atoms with Crippen LogP contribution in [-0.4, -0.2) is 19.1 Å². The molecular formula is C18H27NO2. The van der Waals surface area contributed by atoms with E-state index >= 15 is 0 Å². The molecule has 0 aliphatic heterocycles. The SMILES string of the molecule is CCCCCCC(/C=C/C(=O)OC)NCc1ccccc1. The van der Waals surface area contributed by atoms with Crippen LogP contribution < -0.4 is 5.32 Å². The Balaban J connectivity index is 2.46. The number of hydrogen-bond donors (Lipinski definition) is 1. The lowest BCUT2D eigenvalue weighted by Crippen LogP contribution is -2.27. The molecule has 1 atom stereocenters. The molecule has 3 heteroatoms. The lowest BCUT2D eigenvalue weighted by Gasteiger charge is -2.15. The van der Waals surface area contributed by atoms with Gasteiger partial charge in [-0.1, -0.05) is 69.0 Å². The summed E-state index contributed by atoms with van der Waals surface area (Å²) in [5, 5.41) is 3.50. The average Bonchev–Trinajstić information content (AvgIpc) is 2.53. The summed E-state index contributed by atoms with van der Waals surface area (Å²) in [6.07, 6.45) is 9.40. The van der Waals surface area contributed by atoms with E-state index in [1.165, 1.54) is 44.4 Å². The van der Waals surface area contributed by atoms with Gasteiger partial charge in [-0.15, -0.1) is 0 Å².